The summed E-state index contributed by atoms with van der Waals surface area (Å²) in [4.78, 5) is 2.32. The van der Waals surface area contributed by atoms with Gasteiger partial charge in [0.05, 0.1) is 34.9 Å². The van der Waals surface area contributed by atoms with E-state index in [1.165, 1.54) is 11.1 Å². The zero-order valence-electron chi connectivity index (χ0n) is 27.7. The normalized spacial score (nSPS) is 16.1. The second-order valence-corrected chi connectivity index (χ2v) is 13.1. The van der Waals surface area contributed by atoms with Crippen LogP contribution in [0.3, 0.4) is 0 Å². The van der Waals surface area contributed by atoms with Gasteiger partial charge in [0.25, 0.3) is 0 Å². The SMILES string of the molecule is Cc1c(OCCCN2CCC(F)CC2)cccc1-c1cccc2c1CC[C@@H]2Oc1cc(OCc2cc(C#N)cc(C#N)c2)c(CN)cc1Cl. The van der Waals surface area contributed by atoms with Gasteiger partial charge in [-0.1, -0.05) is 41.9 Å². The predicted molar refractivity (Wildman–Crippen MR) is 189 cm³/mol. The van der Waals surface area contributed by atoms with E-state index >= 15 is 0 Å². The molecule has 4 aromatic rings. The Morgan fingerprint density at radius 1 is 0.898 bits per heavy atom. The summed E-state index contributed by atoms with van der Waals surface area (Å²) < 4.78 is 32.5. The van der Waals surface area contributed by atoms with Gasteiger partial charge in [-0.25, -0.2) is 4.39 Å². The number of nitrogens with zero attached hydrogens (tertiary/aromatic N) is 3. The average molecular weight is 679 g/mol. The Labute approximate surface area is 292 Å². The van der Waals surface area contributed by atoms with Gasteiger partial charge in [0, 0.05) is 37.8 Å². The molecule has 0 spiro atoms. The number of likely N-dealkylation sites (tertiary alicyclic amines) is 1. The second kappa shape index (κ2) is 15.7. The van der Waals surface area contributed by atoms with Gasteiger partial charge in [0.15, 0.2) is 0 Å². The molecule has 1 atom stereocenters. The summed E-state index contributed by atoms with van der Waals surface area (Å²) in [6.45, 7) is 5.66. The third-order valence-electron chi connectivity index (χ3n) is 9.43. The highest BCUT2D eigenvalue weighted by molar-refractivity contribution is 6.32. The first kappa shape index (κ1) is 34.3. The van der Waals surface area contributed by atoms with E-state index in [1.807, 2.05) is 12.1 Å². The Morgan fingerprint density at radius 2 is 1.63 bits per heavy atom. The minimum atomic E-state index is -0.653. The second-order valence-electron chi connectivity index (χ2n) is 12.7. The van der Waals surface area contributed by atoms with Crippen molar-refractivity contribution >= 4 is 11.6 Å². The van der Waals surface area contributed by atoms with E-state index in [-0.39, 0.29) is 19.3 Å². The van der Waals surface area contributed by atoms with Crippen molar-refractivity contribution < 1.29 is 18.6 Å². The summed E-state index contributed by atoms with van der Waals surface area (Å²) in [5.41, 5.74) is 14.0. The van der Waals surface area contributed by atoms with Crippen LogP contribution in [0.4, 0.5) is 4.39 Å². The molecule has 9 heteroatoms. The fourth-order valence-electron chi connectivity index (χ4n) is 6.83. The molecule has 1 heterocycles. The molecule has 2 N–H and O–H groups in total. The molecule has 1 aliphatic heterocycles. The van der Waals surface area contributed by atoms with Crippen LogP contribution in [0, 0.1) is 29.6 Å². The number of hydrogen-bond donors (Lipinski definition) is 1. The number of nitrogens with two attached hydrogens (primary N) is 1. The third kappa shape index (κ3) is 8.00. The minimum absolute atomic E-state index is 0.148. The van der Waals surface area contributed by atoms with Gasteiger partial charge < -0.3 is 24.8 Å². The zero-order chi connectivity index (χ0) is 34.3. The van der Waals surface area contributed by atoms with Gasteiger partial charge in [0.2, 0.25) is 0 Å². The summed E-state index contributed by atoms with van der Waals surface area (Å²) >= 11 is 6.71. The lowest BCUT2D eigenvalue weighted by molar-refractivity contribution is 0.143. The maximum Gasteiger partial charge on any atom is 0.142 e. The van der Waals surface area contributed by atoms with E-state index in [0.29, 0.717) is 52.7 Å². The lowest BCUT2D eigenvalue weighted by atomic mass is 9.93. The van der Waals surface area contributed by atoms with Crippen LogP contribution in [-0.2, 0) is 19.6 Å². The fourth-order valence-corrected chi connectivity index (χ4v) is 7.06. The lowest BCUT2D eigenvalue weighted by Gasteiger charge is -2.28. The highest BCUT2D eigenvalue weighted by Gasteiger charge is 2.28. The van der Waals surface area contributed by atoms with Crippen molar-refractivity contribution in [3.05, 3.63) is 111 Å². The fraction of sp³-hybridized carbons (Fsp3) is 0.350. The summed E-state index contributed by atoms with van der Waals surface area (Å²) in [6.07, 6.45) is 2.96. The van der Waals surface area contributed by atoms with Crippen LogP contribution >= 0.6 is 11.6 Å². The molecule has 0 saturated carbocycles. The first-order valence-electron chi connectivity index (χ1n) is 16.8. The molecule has 4 aromatic carbocycles. The number of nitriles is 2. The quantitative estimate of drug-likeness (QED) is 0.150. The molecule has 1 fully saturated rings. The molecular weight excluding hydrogens is 639 g/mol. The molecule has 252 valence electrons. The summed E-state index contributed by atoms with van der Waals surface area (Å²) in [7, 11) is 0. The number of ether oxygens (including phenoxy) is 3. The van der Waals surface area contributed by atoms with Gasteiger partial charge in [-0.2, -0.15) is 10.5 Å². The van der Waals surface area contributed by atoms with Crippen LogP contribution < -0.4 is 19.9 Å². The van der Waals surface area contributed by atoms with E-state index in [9.17, 15) is 14.9 Å². The van der Waals surface area contributed by atoms with Crippen molar-refractivity contribution in [3.8, 4) is 40.5 Å². The molecule has 1 saturated heterocycles. The van der Waals surface area contributed by atoms with Crippen LogP contribution in [0.5, 0.6) is 17.2 Å². The summed E-state index contributed by atoms with van der Waals surface area (Å²) in [5.74, 6) is 1.92. The van der Waals surface area contributed by atoms with Crippen LogP contribution in [0.1, 0.15) is 70.7 Å². The largest absolute Gasteiger partial charge is 0.493 e. The van der Waals surface area contributed by atoms with E-state index in [4.69, 9.17) is 31.5 Å². The number of fused-ring (bicyclic) bond motifs is 1. The van der Waals surface area contributed by atoms with Gasteiger partial charge in [-0.05, 0) is 103 Å². The molecule has 6 rings (SSSR count). The topological polar surface area (TPSA) is 105 Å². The average Bonchev–Trinajstić information content (AvgIpc) is 3.54. The third-order valence-corrected chi connectivity index (χ3v) is 9.73. The van der Waals surface area contributed by atoms with Crippen molar-refractivity contribution in [2.45, 2.75) is 64.5 Å². The summed E-state index contributed by atoms with van der Waals surface area (Å²) in [6, 6.07) is 25.2. The monoisotopic (exact) mass is 678 g/mol. The summed E-state index contributed by atoms with van der Waals surface area (Å²) in [5, 5.41) is 19.1. The number of benzene rings is 4. The van der Waals surface area contributed by atoms with Crippen molar-refractivity contribution in [1.82, 2.24) is 4.90 Å². The number of rotatable bonds is 12. The van der Waals surface area contributed by atoms with Crippen molar-refractivity contribution in [3.63, 3.8) is 0 Å². The van der Waals surface area contributed by atoms with Crippen LogP contribution in [0.25, 0.3) is 11.1 Å². The standard InChI is InChI=1S/C40H40ClFN4O3/c1-26-32(5-3-8-37(26)47-16-4-13-46-14-11-31(42)12-15-46)33-6-2-7-35-34(33)9-10-38(35)49-40-21-39(30(24-45)20-36(40)41)48-25-29-18-27(22-43)17-28(19-29)23-44/h2-3,5-8,17-21,31,38H,4,9-16,24-25,45H2,1H3/t38-/m0/s1. The Balaban J connectivity index is 1.16. The molecular formula is C40H40ClFN4O3. The van der Waals surface area contributed by atoms with Crippen LogP contribution in [0.2, 0.25) is 5.02 Å². The maximum atomic E-state index is 13.5. The van der Waals surface area contributed by atoms with Gasteiger partial charge in [-0.3, -0.25) is 0 Å². The highest BCUT2D eigenvalue weighted by atomic mass is 35.5. The molecule has 2 aliphatic rings. The van der Waals surface area contributed by atoms with Gasteiger partial charge >= 0.3 is 0 Å². The van der Waals surface area contributed by atoms with Gasteiger partial charge in [0.1, 0.15) is 36.1 Å². The number of hydrogen-bond acceptors (Lipinski definition) is 7. The molecule has 1 aliphatic carbocycles. The molecule has 49 heavy (non-hydrogen) atoms. The van der Waals surface area contributed by atoms with E-state index < -0.39 is 6.17 Å². The zero-order valence-corrected chi connectivity index (χ0v) is 28.4. The lowest BCUT2D eigenvalue weighted by Crippen LogP contribution is -2.35. The first-order valence-corrected chi connectivity index (χ1v) is 17.2. The maximum absolute atomic E-state index is 13.5. The molecule has 0 aromatic heterocycles. The van der Waals surface area contributed by atoms with Crippen molar-refractivity contribution in [2.75, 3.05) is 26.2 Å². The molecule has 0 amide bonds. The molecule has 0 bridgehead atoms. The Bertz CT molecular complexity index is 1860. The Kier molecular flexibility index (Phi) is 11.0. The molecule has 0 radical (unpaired) electrons. The minimum Gasteiger partial charge on any atom is -0.493 e. The predicted octanol–water partition coefficient (Wildman–Crippen LogP) is 8.37. The number of alkyl halides is 1. The Hall–Kier alpha value is -4.60. The van der Waals surface area contributed by atoms with Crippen molar-refractivity contribution in [2.24, 2.45) is 5.73 Å². The van der Waals surface area contributed by atoms with Crippen molar-refractivity contribution in [1.29, 1.82) is 10.5 Å². The van der Waals surface area contributed by atoms with E-state index in [0.717, 1.165) is 66.9 Å². The van der Waals surface area contributed by atoms with E-state index in [1.54, 1.807) is 30.3 Å². The molecule has 7 nitrogen and oxygen atoms in total. The number of piperidine rings is 1. The highest BCUT2D eigenvalue weighted by Crippen LogP contribution is 2.44. The van der Waals surface area contributed by atoms with Gasteiger partial charge in [-0.15, -0.1) is 0 Å². The van der Waals surface area contributed by atoms with Crippen LogP contribution in [-0.4, -0.2) is 37.3 Å². The molecule has 0 unspecified atom stereocenters. The first-order chi connectivity index (χ1) is 23.9. The van der Waals surface area contributed by atoms with E-state index in [2.05, 4.69) is 48.2 Å². The Morgan fingerprint density at radius 3 is 2.37 bits per heavy atom. The number of halogens is 2. The smallest absolute Gasteiger partial charge is 0.142 e. The van der Waals surface area contributed by atoms with Crippen LogP contribution in [0.15, 0.2) is 66.7 Å².